The first-order valence-electron chi connectivity index (χ1n) is 7.92. The first-order valence-corrected chi connectivity index (χ1v) is 8.80. The quantitative estimate of drug-likeness (QED) is 0.697. The maximum atomic E-state index is 5.60. The van der Waals surface area contributed by atoms with E-state index in [0.29, 0.717) is 0 Å². The molecule has 120 valence electrons. The van der Waals surface area contributed by atoms with Gasteiger partial charge in [-0.3, -0.25) is 0 Å². The molecule has 4 nitrogen and oxygen atoms in total. The predicted octanol–water partition coefficient (Wildman–Crippen LogP) is 4.44. The van der Waals surface area contributed by atoms with Crippen molar-refractivity contribution in [2.24, 2.45) is 0 Å². The van der Waals surface area contributed by atoms with Crippen LogP contribution < -0.4 is 10.1 Å². The van der Waals surface area contributed by atoms with Crippen molar-refractivity contribution in [1.82, 2.24) is 9.97 Å². The zero-order valence-corrected chi connectivity index (χ0v) is 14.3. The second-order valence-electron chi connectivity index (χ2n) is 5.49. The third-order valence-corrected chi connectivity index (χ3v) is 4.73. The molecule has 0 radical (unpaired) electrons. The summed E-state index contributed by atoms with van der Waals surface area (Å²) in [7, 11) is 0. The number of nitrogens with one attached hydrogen (secondary N) is 1. The topological polar surface area (TPSA) is 47.0 Å². The Labute approximate surface area is 140 Å². The van der Waals surface area contributed by atoms with Crippen molar-refractivity contribution >= 4 is 27.4 Å². The lowest BCUT2D eigenvalue weighted by Gasteiger charge is -2.08. The minimum Gasteiger partial charge on any atom is -0.494 e. The van der Waals surface area contributed by atoms with Gasteiger partial charge in [-0.15, -0.1) is 11.3 Å². The van der Waals surface area contributed by atoms with Crippen molar-refractivity contribution in [1.29, 1.82) is 0 Å². The zero-order valence-electron chi connectivity index (χ0n) is 13.5. The average molecular weight is 327 g/mol. The summed E-state index contributed by atoms with van der Waals surface area (Å²) in [5.41, 5.74) is 3.54. The van der Waals surface area contributed by atoms with Crippen molar-refractivity contribution in [3.8, 4) is 5.75 Å². The Kier molecular flexibility index (Phi) is 5.08. The number of ether oxygens (including phenoxy) is 1. The van der Waals surface area contributed by atoms with Crippen LogP contribution in [0.15, 0.2) is 36.0 Å². The van der Waals surface area contributed by atoms with E-state index in [-0.39, 0.29) is 0 Å². The lowest BCUT2D eigenvalue weighted by molar-refractivity contribution is 0.317. The molecule has 23 heavy (non-hydrogen) atoms. The maximum absolute atomic E-state index is 5.60. The summed E-state index contributed by atoms with van der Waals surface area (Å²) < 4.78 is 6.74. The van der Waals surface area contributed by atoms with Crippen LogP contribution in [0, 0.1) is 6.92 Å². The van der Waals surface area contributed by atoms with Crippen molar-refractivity contribution in [2.75, 3.05) is 18.5 Å². The molecule has 0 unspecified atom stereocenters. The van der Waals surface area contributed by atoms with Gasteiger partial charge in [0.05, 0.1) is 16.8 Å². The molecule has 2 aromatic heterocycles. The largest absolute Gasteiger partial charge is 0.494 e. The highest BCUT2D eigenvalue weighted by Crippen LogP contribution is 2.28. The lowest BCUT2D eigenvalue weighted by atomic mass is 10.1. The summed E-state index contributed by atoms with van der Waals surface area (Å²) in [6, 6.07) is 8.32. The summed E-state index contributed by atoms with van der Waals surface area (Å²) in [5, 5.41) is 5.55. The van der Waals surface area contributed by atoms with E-state index in [0.717, 1.165) is 47.8 Å². The van der Waals surface area contributed by atoms with Crippen LogP contribution in [0.4, 0.5) is 5.82 Å². The van der Waals surface area contributed by atoms with Gasteiger partial charge in [0.25, 0.3) is 0 Å². The molecule has 0 amide bonds. The number of fused-ring (bicyclic) bond motifs is 1. The van der Waals surface area contributed by atoms with Crippen molar-refractivity contribution in [3.63, 3.8) is 0 Å². The van der Waals surface area contributed by atoms with E-state index in [4.69, 9.17) is 4.74 Å². The standard InChI is InChI=1S/C18H21N3OS/c1-3-10-22-15-6-4-14(5-7-15)8-9-19-18-17-16(20-12-21-18)13(2)11-23-17/h4-7,11-12H,3,8-10H2,1-2H3,(H,19,20,21). The second kappa shape index (κ2) is 7.42. The van der Waals surface area contributed by atoms with Crippen molar-refractivity contribution < 1.29 is 4.74 Å². The number of thiophene rings is 1. The van der Waals surface area contributed by atoms with Crippen LogP contribution in [0.3, 0.4) is 0 Å². The molecule has 3 rings (SSSR count). The van der Waals surface area contributed by atoms with E-state index in [1.807, 2.05) is 12.1 Å². The first kappa shape index (κ1) is 15.7. The highest BCUT2D eigenvalue weighted by Gasteiger charge is 2.07. The number of anilines is 1. The fourth-order valence-corrected chi connectivity index (χ4v) is 3.36. The van der Waals surface area contributed by atoms with Gasteiger partial charge in [-0.1, -0.05) is 19.1 Å². The van der Waals surface area contributed by atoms with Gasteiger partial charge >= 0.3 is 0 Å². The Balaban J connectivity index is 1.58. The summed E-state index contributed by atoms with van der Waals surface area (Å²) in [4.78, 5) is 8.71. The first-order chi connectivity index (χ1) is 11.3. The van der Waals surface area contributed by atoms with Crippen molar-refractivity contribution in [2.45, 2.75) is 26.7 Å². The number of aryl methyl sites for hydroxylation is 1. The molecule has 3 aromatic rings. The minimum absolute atomic E-state index is 0.769. The number of nitrogens with zero attached hydrogens (tertiary/aromatic N) is 2. The molecule has 0 atom stereocenters. The van der Waals surface area contributed by atoms with Crippen LogP contribution in [-0.4, -0.2) is 23.1 Å². The number of aromatic nitrogens is 2. The van der Waals surface area contributed by atoms with Gasteiger partial charge in [-0.05, 0) is 48.4 Å². The fraction of sp³-hybridized carbons (Fsp3) is 0.333. The van der Waals surface area contributed by atoms with Crippen LogP contribution in [0.1, 0.15) is 24.5 Å². The molecule has 1 aromatic carbocycles. The minimum atomic E-state index is 0.769. The Hall–Kier alpha value is -2.14. The monoisotopic (exact) mass is 327 g/mol. The van der Waals surface area contributed by atoms with Crippen LogP contribution >= 0.6 is 11.3 Å². The fourth-order valence-electron chi connectivity index (χ4n) is 2.39. The highest BCUT2D eigenvalue weighted by molar-refractivity contribution is 7.18. The summed E-state index contributed by atoms with van der Waals surface area (Å²) in [5.74, 6) is 1.87. The maximum Gasteiger partial charge on any atom is 0.147 e. The Morgan fingerprint density at radius 1 is 1.17 bits per heavy atom. The molecule has 0 aliphatic rings. The molecule has 0 saturated carbocycles. The molecule has 1 N–H and O–H groups in total. The molecular formula is C18H21N3OS. The van der Waals surface area contributed by atoms with Gasteiger partial charge < -0.3 is 10.1 Å². The predicted molar refractivity (Wildman–Crippen MR) is 96.6 cm³/mol. The average Bonchev–Trinajstić information content (AvgIpc) is 2.96. The molecule has 0 aliphatic heterocycles. The summed E-state index contributed by atoms with van der Waals surface area (Å²) in [6.45, 7) is 5.81. The summed E-state index contributed by atoms with van der Waals surface area (Å²) >= 11 is 1.69. The smallest absolute Gasteiger partial charge is 0.147 e. The van der Waals surface area contributed by atoms with Gasteiger partial charge in [0.15, 0.2) is 0 Å². The molecule has 0 saturated heterocycles. The van der Waals surface area contributed by atoms with Gasteiger partial charge in [-0.25, -0.2) is 9.97 Å². The van der Waals surface area contributed by atoms with E-state index < -0.39 is 0 Å². The van der Waals surface area contributed by atoms with Crippen LogP contribution in [0.25, 0.3) is 10.2 Å². The van der Waals surface area contributed by atoms with Gasteiger partial charge in [0.2, 0.25) is 0 Å². The zero-order chi connectivity index (χ0) is 16.1. The lowest BCUT2D eigenvalue weighted by Crippen LogP contribution is -2.06. The van der Waals surface area contributed by atoms with Gasteiger partial charge in [0.1, 0.15) is 17.9 Å². The molecular weight excluding hydrogens is 306 g/mol. The third kappa shape index (κ3) is 3.79. The summed E-state index contributed by atoms with van der Waals surface area (Å²) in [6.07, 6.45) is 3.61. The second-order valence-corrected chi connectivity index (χ2v) is 6.37. The van der Waals surface area contributed by atoms with E-state index >= 15 is 0 Å². The van der Waals surface area contributed by atoms with E-state index in [2.05, 4.69) is 46.6 Å². The number of benzene rings is 1. The number of hydrogen-bond donors (Lipinski definition) is 1. The highest BCUT2D eigenvalue weighted by atomic mass is 32.1. The van der Waals surface area contributed by atoms with E-state index in [1.54, 1.807) is 17.7 Å². The van der Waals surface area contributed by atoms with Crippen molar-refractivity contribution in [3.05, 3.63) is 47.1 Å². The number of rotatable bonds is 7. The molecule has 2 heterocycles. The normalized spacial score (nSPS) is 10.9. The molecule has 0 aliphatic carbocycles. The van der Waals surface area contributed by atoms with Crippen LogP contribution in [0.2, 0.25) is 0 Å². The molecule has 0 bridgehead atoms. The van der Waals surface area contributed by atoms with Gasteiger partial charge in [-0.2, -0.15) is 0 Å². The molecule has 0 spiro atoms. The number of hydrogen-bond acceptors (Lipinski definition) is 5. The van der Waals surface area contributed by atoms with E-state index in [9.17, 15) is 0 Å². The SMILES string of the molecule is CCCOc1ccc(CCNc2ncnc3c(C)csc23)cc1. The van der Waals surface area contributed by atoms with Gasteiger partial charge in [0, 0.05) is 6.54 Å². The Morgan fingerprint density at radius 3 is 2.78 bits per heavy atom. The van der Waals surface area contributed by atoms with Crippen LogP contribution in [-0.2, 0) is 6.42 Å². The molecule has 5 heteroatoms. The Bertz CT molecular complexity index is 768. The van der Waals surface area contributed by atoms with E-state index in [1.165, 1.54) is 11.1 Å². The Morgan fingerprint density at radius 2 is 2.00 bits per heavy atom. The molecule has 0 fully saturated rings. The van der Waals surface area contributed by atoms with Crippen LogP contribution in [0.5, 0.6) is 5.75 Å². The third-order valence-electron chi connectivity index (χ3n) is 3.63.